The van der Waals surface area contributed by atoms with Crippen LogP contribution in [0, 0.1) is 0 Å². The summed E-state index contributed by atoms with van der Waals surface area (Å²) in [7, 11) is 0. The van der Waals surface area contributed by atoms with Crippen molar-refractivity contribution in [3.8, 4) is 11.4 Å². The fourth-order valence-electron chi connectivity index (χ4n) is 3.58. The fourth-order valence-corrected chi connectivity index (χ4v) is 3.58. The monoisotopic (exact) mass is 472 g/mol. The standard InChI is InChI=1S/C22H26N2O2.C7H6O2/c1-22(2,3)23-13-7-15-26-21-11-5-4-9-20(21)24-14-12-18-17(16-25)8-6-10-19(18)24;8-7(9)6-4-2-1-3-5-6/h4-6,8-12,14,16,23H,7,13,15H2,1-3H3;1-5H,(H,8,9). The maximum Gasteiger partial charge on any atom is 0.335 e. The predicted octanol–water partition coefficient (Wildman–Crippen LogP) is 5.98. The highest BCUT2D eigenvalue weighted by atomic mass is 16.5. The molecule has 0 aliphatic rings. The van der Waals surface area contributed by atoms with E-state index in [1.54, 1.807) is 30.3 Å². The lowest BCUT2D eigenvalue weighted by atomic mass is 10.1. The summed E-state index contributed by atoms with van der Waals surface area (Å²) < 4.78 is 8.13. The molecule has 35 heavy (non-hydrogen) atoms. The third kappa shape index (κ3) is 7.29. The predicted molar refractivity (Wildman–Crippen MR) is 140 cm³/mol. The molecule has 0 atom stereocenters. The molecule has 0 aliphatic carbocycles. The third-order valence-electron chi connectivity index (χ3n) is 5.27. The Morgan fingerprint density at radius 1 is 0.971 bits per heavy atom. The molecule has 0 fully saturated rings. The Kier molecular flexibility index (Phi) is 8.81. The largest absolute Gasteiger partial charge is 0.491 e. The molecule has 1 aromatic heterocycles. The average Bonchev–Trinajstić information content (AvgIpc) is 3.28. The number of rotatable bonds is 8. The summed E-state index contributed by atoms with van der Waals surface area (Å²) >= 11 is 0. The van der Waals surface area contributed by atoms with Crippen LogP contribution in [0.2, 0.25) is 0 Å². The summed E-state index contributed by atoms with van der Waals surface area (Å²) in [4.78, 5) is 21.5. The quantitative estimate of drug-likeness (QED) is 0.243. The molecular formula is C29H32N2O4. The number of aldehydes is 1. The number of carboxylic acids is 1. The van der Waals surface area contributed by atoms with E-state index >= 15 is 0 Å². The van der Waals surface area contributed by atoms with Crippen molar-refractivity contribution in [1.82, 2.24) is 9.88 Å². The first kappa shape index (κ1) is 25.7. The van der Waals surface area contributed by atoms with E-state index in [1.165, 1.54) is 0 Å². The van der Waals surface area contributed by atoms with Crippen molar-refractivity contribution in [2.75, 3.05) is 13.2 Å². The number of benzene rings is 3. The maximum absolute atomic E-state index is 11.3. The Morgan fingerprint density at radius 2 is 1.69 bits per heavy atom. The Bertz CT molecular complexity index is 1260. The fraction of sp³-hybridized carbons (Fsp3) is 0.241. The maximum atomic E-state index is 11.3. The van der Waals surface area contributed by atoms with E-state index in [1.807, 2.05) is 54.7 Å². The van der Waals surface area contributed by atoms with E-state index in [9.17, 15) is 9.59 Å². The molecule has 0 amide bonds. The summed E-state index contributed by atoms with van der Waals surface area (Å²) in [6.45, 7) is 8.05. The van der Waals surface area contributed by atoms with E-state index in [-0.39, 0.29) is 5.54 Å². The molecule has 0 radical (unpaired) electrons. The summed E-state index contributed by atoms with van der Waals surface area (Å²) in [5, 5.41) is 12.8. The number of hydrogen-bond acceptors (Lipinski definition) is 4. The Labute approximate surface area is 206 Å². The SMILES string of the molecule is CC(C)(C)NCCCOc1ccccc1-n1ccc2c(C=O)cccc21.O=C(O)c1ccccc1. The first-order valence-corrected chi connectivity index (χ1v) is 11.6. The van der Waals surface area contributed by atoms with Crippen LogP contribution in [0.5, 0.6) is 5.75 Å². The zero-order valence-electron chi connectivity index (χ0n) is 20.4. The van der Waals surface area contributed by atoms with Crippen molar-refractivity contribution in [2.24, 2.45) is 0 Å². The van der Waals surface area contributed by atoms with Crippen LogP contribution in [0.15, 0.2) is 85.1 Å². The van der Waals surface area contributed by atoms with E-state index in [2.05, 4.69) is 30.7 Å². The highest BCUT2D eigenvalue weighted by molar-refractivity contribution is 5.97. The number of ether oxygens (including phenoxy) is 1. The normalized spacial score (nSPS) is 10.9. The molecule has 4 rings (SSSR count). The number of carbonyl (C=O) groups excluding carboxylic acids is 1. The van der Waals surface area contributed by atoms with Crippen LogP contribution in [-0.4, -0.2) is 40.6 Å². The number of hydrogen-bond donors (Lipinski definition) is 2. The van der Waals surface area contributed by atoms with E-state index in [0.717, 1.165) is 41.6 Å². The minimum absolute atomic E-state index is 0.123. The number of fused-ring (bicyclic) bond motifs is 1. The van der Waals surface area contributed by atoms with Gasteiger partial charge in [-0.3, -0.25) is 4.79 Å². The van der Waals surface area contributed by atoms with E-state index in [4.69, 9.17) is 9.84 Å². The molecule has 3 aromatic carbocycles. The van der Waals surface area contributed by atoms with Crippen LogP contribution >= 0.6 is 0 Å². The van der Waals surface area contributed by atoms with Gasteiger partial charge in [-0.1, -0.05) is 42.5 Å². The van der Waals surface area contributed by atoms with Crippen molar-refractivity contribution in [3.63, 3.8) is 0 Å². The van der Waals surface area contributed by atoms with Gasteiger partial charge in [0.15, 0.2) is 6.29 Å². The lowest BCUT2D eigenvalue weighted by molar-refractivity contribution is 0.0696. The molecule has 1 heterocycles. The Balaban J connectivity index is 0.000000320. The smallest absolute Gasteiger partial charge is 0.335 e. The number of carboxylic acid groups (broad SMARTS) is 1. The van der Waals surface area contributed by atoms with Gasteiger partial charge in [-0.05, 0) is 70.1 Å². The highest BCUT2D eigenvalue weighted by Crippen LogP contribution is 2.28. The molecule has 4 aromatic rings. The van der Waals surface area contributed by atoms with Crippen LogP contribution in [0.25, 0.3) is 16.6 Å². The topological polar surface area (TPSA) is 80.6 Å². The van der Waals surface area contributed by atoms with Crippen molar-refractivity contribution in [3.05, 3.63) is 96.2 Å². The summed E-state index contributed by atoms with van der Waals surface area (Å²) in [6.07, 6.45) is 3.83. The first-order chi connectivity index (χ1) is 16.8. The number of carbonyl (C=O) groups is 2. The van der Waals surface area contributed by atoms with Gasteiger partial charge in [0.2, 0.25) is 0 Å². The molecule has 0 unspecified atom stereocenters. The second-order valence-corrected chi connectivity index (χ2v) is 9.10. The van der Waals surface area contributed by atoms with Gasteiger partial charge in [-0.25, -0.2) is 4.79 Å². The van der Waals surface area contributed by atoms with Crippen LogP contribution in [0.4, 0.5) is 0 Å². The molecule has 0 spiro atoms. The molecule has 6 heteroatoms. The lowest BCUT2D eigenvalue weighted by Crippen LogP contribution is -2.36. The van der Waals surface area contributed by atoms with Gasteiger partial charge >= 0.3 is 5.97 Å². The second kappa shape index (κ2) is 12.0. The summed E-state index contributed by atoms with van der Waals surface area (Å²) in [6, 6.07) is 24.0. The minimum atomic E-state index is -0.879. The Morgan fingerprint density at radius 3 is 2.34 bits per heavy atom. The van der Waals surface area contributed by atoms with E-state index < -0.39 is 5.97 Å². The van der Waals surface area contributed by atoms with Gasteiger partial charge in [-0.2, -0.15) is 0 Å². The van der Waals surface area contributed by atoms with Gasteiger partial charge in [0.05, 0.1) is 23.4 Å². The molecule has 0 aliphatic heterocycles. The zero-order chi connectivity index (χ0) is 25.3. The number of aromatic nitrogens is 1. The Hall–Kier alpha value is -3.90. The molecule has 6 nitrogen and oxygen atoms in total. The average molecular weight is 473 g/mol. The second-order valence-electron chi connectivity index (χ2n) is 9.10. The number of nitrogens with zero attached hydrogens (tertiary/aromatic N) is 1. The molecule has 0 bridgehead atoms. The molecule has 182 valence electrons. The molecular weight excluding hydrogens is 440 g/mol. The van der Waals surface area contributed by atoms with Gasteiger partial charge in [-0.15, -0.1) is 0 Å². The van der Waals surface area contributed by atoms with Crippen molar-refractivity contribution < 1.29 is 19.4 Å². The minimum Gasteiger partial charge on any atom is -0.491 e. The summed E-state index contributed by atoms with van der Waals surface area (Å²) in [5.74, 6) is -0.0344. The zero-order valence-corrected chi connectivity index (χ0v) is 20.4. The molecule has 2 N–H and O–H groups in total. The highest BCUT2D eigenvalue weighted by Gasteiger charge is 2.11. The van der Waals surface area contributed by atoms with Crippen molar-refractivity contribution in [1.29, 1.82) is 0 Å². The lowest BCUT2D eigenvalue weighted by Gasteiger charge is -2.20. The molecule has 0 saturated heterocycles. The summed E-state index contributed by atoms with van der Waals surface area (Å²) in [5.41, 5.74) is 3.14. The van der Waals surface area contributed by atoms with Crippen LogP contribution in [0.3, 0.4) is 0 Å². The van der Waals surface area contributed by atoms with Gasteiger partial charge < -0.3 is 19.7 Å². The number of para-hydroxylation sites is 2. The van der Waals surface area contributed by atoms with Crippen LogP contribution < -0.4 is 10.1 Å². The van der Waals surface area contributed by atoms with Crippen LogP contribution in [-0.2, 0) is 0 Å². The van der Waals surface area contributed by atoms with Gasteiger partial charge in [0.25, 0.3) is 0 Å². The third-order valence-corrected chi connectivity index (χ3v) is 5.27. The van der Waals surface area contributed by atoms with Gasteiger partial charge in [0, 0.05) is 22.7 Å². The van der Waals surface area contributed by atoms with Crippen molar-refractivity contribution >= 4 is 23.2 Å². The van der Waals surface area contributed by atoms with Crippen LogP contribution in [0.1, 0.15) is 47.9 Å². The van der Waals surface area contributed by atoms with Crippen molar-refractivity contribution in [2.45, 2.75) is 32.7 Å². The number of aromatic carboxylic acids is 1. The number of nitrogens with one attached hydrogen (secondary N) is 1. The van der Waals surface area contributed by atoms with Gasteiger partial charge in [0.1, 0.15) is 5.75 Å². The van der Waals surface area contributed by atoms with E-state index in [0.29, 0.717) is 17.7 Å². The first-order valence-electron chi connectivity index (χ1n) is 11.6. The molecule has 0 saturated carbocycles.